The van der Waals surface area contributed by atoms with Gasteiger partial charge in [-0.1, -0.05) is 47.9 Å². The lowest BCUT2D eigenvalue weighted by atomic mass is 9.87. The van der Waals surface area contributed by atoms with Crippen LogP contribution in [-0.2, 0) is 0 Å². The Morgan fingerprint density at radius 3 is 2.27 bits per heavy atom. The van der Waals surface area contributed by atoms with Gasteiger partial charge in [0, 0.05) is 11.1 Å². The molecule has 2 heteroatoms. The maximum atomic E-state index is 12.0. The fourth-order valence-corrected chi connectivity index (χ4v) is 2.26. The first-order chi connectivity index (χ1) is 7.29. The molecule has 0 saturated carbocycles. The van der Waals surface area contributed by atoms with Crippen molar-refractivity contribution in [3.05, 3.63) is 53.6 Å². The lowest BCUT2D eigenvalue weighted by Gasteiger charge is -2.03. The number of ketones is 1. The highest BCUT2D eigenvalue weighted by Crippen LogP contribution is 2.34. The molecule has 15 heavy (non-hydrogen) atoms. The molecule has 3 rings (SSSR count). The van der Waals surface area contributed by atoms with E-state index in [0.29, 0.717) is 0 Å². The van der Waals surface area contributed by atoms with Crippen LogP contribution in [0.1, 0.15) is 15.9 Å². The number of rotatable bonds is 0. The molecule has 0 aliphatic heterocycles. The SMILES string of the molecule is Bc1cccc2c1-c1ccccc1C2=O. The Kier molecular flexibility index (Phi) is 1.60. The molecular formula is C13H9BO. The molecule has 0 radical (unpaired) electrons. The van der Waals surface area contributed by atoms with Gasteiger partial charge in [0.2, 0.25) is 0 Å². The van der Waals surface area contributed by atoms with Gasteiger partial charge >= 0.3 is 0 Å². The van der Waals surface area contributed by atoms with Crippen molar-refractivity contribution >= 4 is 19.1 Å². The molecule has 2 aromatic carbocycles. The van der Waals surface area contributed by atoms with E-state index in [1.165, 1.54) is 5.46 Å². The van der Waals surface area contributed by atoms with E-state index in [1.807, 2.05) is 50.3 Å². The lowest BCUT2D eigenvalue weighted by Crippen LogP contribution is -2.07. The van der Waals surface area contributed by atoms with Crippen LogP contribution in [0.3, 0.4) is 0 Å². The highest BCUT2D eigenvalue weighted by Gasteiger charge is 2.26. The Labute approximate surface area is 89.2 Å². The third kappa shape index (κ3) is 1.02. The molecule has 0 spiro atoms. The lowest BCUT2D eigenvalue weighted by molar-refractivity contribution is 0.104. The van der Waals surface area contributed by atoms with Gasteiger partial charge in [0.05, 0.1) is 0 Å². The molecule has 0 aromatic heterocycles. The minimum atomic E-state index is 0.157. The zero-order chi connectivity index (χ0) is 10.4. The Hall–Kier alpha value is -1.83. The minimum Gasteiger partial charge on any atom is -0.289 e. The molecular weight excluding hydrogens is 183 g/mol. The largest absolute Gasteiger partial charge is 0.289 e. The molecule has 70 valence electrons. The molecule has 0 atom stereocenters. The van der Waals surface area contributed by atoms with E-state index in [4.69, 9.17) is 0 Å². The van der Waals surface area contributed by atoms with Crippen LogP contribution in [0.2, 0.25) is 0 Å². The number of hydrogen-bond acceptors (Lipinski definition) is 1. The fraction of sp³-hybridized carbons (Fsp3) is 0. The second kappa shape index (κ2) is 2.83. The van der Waals surface area contributed by atoms with Crippen molar-refractivity contribution in [2.45, 2.75) is 0 Å². The highest BCUT2D eigenvalue weighted by molar-refractivity contribution is 6.39. The van der Waals surface area contributed by atoms with Gasteiger partial charge in [-0.15, -0.1) is 0 Å². The average molecular weight is 192 g/mol. The summed E-state index contributed by atoms with van der Waals surface area (Å²) in [5.74, 6) is 0.157. The van der Waals surface area contributed by atoms with E-state index in [0.717, 1.165) is 22.3 Å². The summed E-state index contributed by atoms with van der Waals surface area (Å²) in [6.07, 6.45) is 0. The summed E-state index contributed by atoms with van der Waals surface area (Å²) < 4.78 is 0. The van der Waals surface area contributed by atoms with Crippen molar-refractivity contribution in [2.75, 3.05) is 0 Å². The summed E-state index contributed by atoms with van der Waals surface area (Å²) in [5, 5.41) is 0. The van der Waals surface area contributed by atoms with Crippen LogP contribution in [0, 0.1) is 0 Å². The van der Waals surface area contributed by atoms with Gasteiger partial charge in [-0.2, -0.15) is 0 Å². The first-order valence-corrected chi connectivity index (χ1v) is 5.03. The van der Waals surface area contributed by atoms with Crippen molar-refractivity contribution < 1.29 is 4.79 Å². The quantitative estimate of drug-likeness (QED) is 0.488. The molecule has 1 nitrogen and oxygen atoms in total. The van der Waals surface area contributed by atoms with Gasteiger partial charge in [0.1, 0.15) is 7.85 Å². The number of carbonyl (C=O) groups is 1. The predicted molar refractivity (Wildman–Crippen MR) is 63.5 cm³/mol. The van der Waals surface area contributed by atoms with Crippen LogP contribution in [-0.4, -0.2) is 13.6 Å². The van der Waals surface area contributed by atoms with Gasteiger partial charge in [0.15, 0.2) is 5.78 Å². The van der Waals surface area contributed by atoms with E-state index in [2.05, 4.69) is 0 Å². The molecule has 0 saturated heterocycles. The summed E-state index contributed by atoms with van der Waals surface area (Å²) in [5.41, 5.74) is 5.04. The van der Waals surface area contributed by atoms with E-state index < -0.39 is 0 Å². The molecule has 0 amide bonds. The minimum absolute atomic E-state index is 0.157. The zero-order valence-electron chi connectivity index (χ0n) is 8.45. The third-order valence-electron chi connectivity index (χ3n) is 2.96. The maximum Gasteiger partial charge on any atom is 0.194 e. The summed E-state index contributed by atoms with van der Waals surface area (Å²) in [6, 6.07) is 13.7. The van der Waals surface area contributed by atoms with Crippen LogP contribution in [0.25, 0.3) is 11.1 Å². The van der Waals surface area contributed by atoms with Crippen molar-refractivity contribution in [1.82, 2.24) is 0 Å². The first-order valence-electron chi connectivity index (χ1n) is 5.03. The summed E-state index contributed by atoms with van der Waals surface area (Å²) >= 11 is 0. The summed E-state index contributed by atoms with van der Waals surface area (Å²) in [4.78, 5) is 12.0. The highest BCUT2D eigenvalue weighted by atomic mass is 16.1. The number of hydrogen-bond donors (Lipinski definition) is 0. The van der Waals surface area contributed by atoms with Crippen LogP contribution in [0.15, 0.2) is 42.5 Å². The van der Waals surface area contributed by atoms with Crippen LogP contribution in [0.4, 0.5) is 0 Å². The molecule has 0 N–H and O–H groups in total. The molecule has 0 bridgehead atoms. The topological polar surface area (TPSA) is 17.1 Å². The fourth-order valence-electron chi connectivity index (χ4n) is 2.26. The van der Waals surface area contributed by atoms with Crippen LogP contribution in [0.5, 0.6) is 0 Å². The molecule has 1 aliphatic carbocycles. The Bertz CT molecular complexity index is 572. The van der Waals surface area contributed by atoms with Crippen molar-refractivity contribution in [2.24, 2.45) is 0 Å². The molecule has 1 aliphatic rings. The first kappa shape index (κ1) is 8.48. The Morgan fingerprint density at radius 1 is 0.800 bits per heavy atom. The van der Waals surface area contributed by atoms with Crippen molar-refractivity contribution in [1.29, 1.82) is 0 Å². The van der Waals surface area contributed by atoms with E-state index in [9.17, 15) is 4.79 Å². The van der Waals surface area contributed by atoms with Crippen molar-refractivity contribution in [3.63, 3.8) is 0 Å². The average Bonchev–Trinajstić information content (AvgIpc) is 2.55. The van der Waals surface area contributed by atoms with Gasteiger partial charge < -0.3 is 0 Å². The summed E-state index contributed by atoms with van der Waals surface area (Å²) in [6.45, 7) is 0. The van der Waals surface area contributed by atoms with E-state index in [-0.39, 0.29) is 5.78 Å². The van der Waals surface area contributed by atoms with Crippen molar-refractivity contribution in [3.8, 4) is 11.1 Å². The van der Waals surface area contributed by atoms with E-state index in [1.54, 1.807) is 0 Å². The second-order valence-electron chi connectivity index (χ2n) is 3.87. The van der Waals surface area contributed by atoms with Crippen LogP contribution >= 0.6 is 0 Å². The van der Waals surface area contributed by atoms with Gasteiger partial charge in [-0.05, 0) is 11.1 Å². The Morgan fingerprint density at radius 2 is 1.47 bits per heavy atom. The van der Waals surface area contributed by atoms with Gasteiger partial charge in [-0.3, -0.25) is 4.79 Å². The standard InChI is InChI=1S/C13H9BO/c14-11-7-3-6-10-12(11)8-4-1-2-5-9(8)13(10)15/h1-7H,14H2. The van der Waals surface area contributed by atoms with Gasteiger partial charge in [-0.25, -0.2) is 0 Å². The van der Waals surface area contributed by atoms with Crippen LogP contribution < -0.4 is 5.46 Å². The maximum absolute atomic E-state index is 12.0. The molecule has 0 heterocycles. The molecule has 0 fully saturated rings. The number of carbonyl (C=O) groups excluding carboxylic acids is 1. The number of benzene rings is 2. The molecule has 2 aromatic rings. The summed E-state index contributed by atoms with van der Waals surface area (Å²) in [7, 11) is 2.05. The van der Waals surface area contributed by atoms with E-state index >= 15 is 0 Å². The Balaban J connectivity index is 2.45. The zero-order valence-corrected chi connectivity index (χ0v) is 8.45. The van der Waals surface area contributed by atoms with Gasteiger partial charge in [0.25, 0.3) is 0 Å². The normalized spacial score (nSPS) is 12.4. The number of fused-ring (bicyclic) bond motifs is 3. The second-order valence-corrected chi connectivity index (χ2v) is 3.87. The monoisotopic (exact) mass is 192 g/mol. The molecule has 0 unspecified atom stereocenters. The smallest absolute Gasteiger partial charge is 0.194 e. The third-order valence-corrected chi connectivity index (χ3v) is 2.96. The predicted octanol–water partition coefficient (Wildman–Crippen LogP) is 1.16.